The maximum atomic E-state index is 13.8. The number of rotatable bonds is 4. The summed E-state index contributed by atoms with van der Waals surface area (Å²) in [5, 5.41) is 9.70. The van der Waals surface area contributed by atoms with E-state index in [4.69, 9.17) is 0 Å². The molecule has 0 spiro atoms. The lowest BCUT2D eigenvalue weighted by Crippen LogP contribution is -2.25. The van der Waals surface area contributed by atoms with Crippen LogP contribution in [0.15, 0.2) is 47.4 Å². The summed E-state index contributed by atoms with van der Waals surface area (Å²) in [5.74, 6) is -1.38. The van der Waals surface area contributed by atoms with Crippen LogP contribution in [0, 0.1) is 17.6 Å². The highest BCUT2D eigenvalue weighted by Gasteiger charge is 2.26. The van der Waals surface area contributed by atoms with Gasteiger partial charge in [-0.2, -0.15) is 0 Å². The molecule has 1 fully saturated rings. The van der Waals surface area contributed by atoms with E-state index in [9.17, 15) is 22.3 Å². The molecule has 1 saturated carbocycles. The van der Waals surface area contributed by atoms with Crippen LogP contribution in [0.25, 0.3) is 11.1 Å². The molecule has 2 unspecified atom stereocenters. The average molecular weight is 366 g/mol. The standard InChI is InChI=1S/C19H20F2O3S/c20-15-6-9-18(19(21)11-15)14-4-7-17(8-5-14)25(23,24)12-13-2-1-3-16(22)10-13/h4-9,11,13,16,22H,1-3,10,12H2. The van der Waals surface area contributed by atoms with Crippen LogP contribution in [0.3, 0.4) is 0 Å². The van der Waals surface area contributed by atoms with E-state index < -0.39 is 27.6 Å². The Bertz CT molecular complexity index is 847. The van der Waals surface area contributed by atoms with Crippen molar-refractivity contribution in [3.63, 3.8) is 0 Å². The highest BCUT2D eigenvalue weighted by Crippen LogP contribution is 2.29. The van der Waals surface area contributed by atoms with Gasteiger partial charge in [-0.25, -0.2) is 17.2 Å². The number of hydrogen-bond donors (Lipinski definition) is 1. The molecule has 1 aliphatic carbocycles. The van der Waals surface area contributed by atoms with Crippen molar-refractivity contribution < 1.29 is 22.3 Å². The summed E-state index contributed by atoms with van der Waals surface area (Å²) in [6.07, 6.45) is 2.46. The van der Waals surface area contributed by atoms with Gasteiger partial charge in [0.15, 0.2) is 9.84 Å². The van der Waals surface area contributed by atoms with E-state index in [0.717, 1.165) is 31.4 Å². The second kappa shape index (κ2) is 7.22. The van der Waals surface area contributed by atoms with E-state index >= 15 is 0 Å². The number of hydrogen-bond acceptors (Lipinski definition) is 3. The zero-order valence-electron chi connectivity index (χ0n) is 13.7. The van der Waals surface area contributed by atoms with Crippen molar-refractivity contribution >= 4 is 9.84 Å². The predicted octanol–water partition coefficient (Wildman–Crippen LogP) is 3.96. The first-order valence-electron chi connectivity index (χ1n) is 8.31. The average Bonchev–Trinajstić information content (AvgIpc) is 2.54. The van der Waals surface area contributed by atoms with Gasteiger partial charge in [-0.3, -0.25) is 0 Å². The Kier molecular flexibility index (Phi) is 5.20. The molecule has 1 aliphatic rings. The normalized spacial score (nSPS) is 21.2. The summed E-state index contributed by atoms with van der Waals surface area (Å²) in [7, 11) is -3.46. The molecule has 3 rings (SSSR count). The molecule has 134 valence electrons. The van der Waals surface area contributed by atoms with E-state index in [-0.39, 0.29) is 22.1 Å². The maximum absolute atomic E-state index is 13.8. The minimum Gasteiger partial charge on any atom is -0.393 e. The van der Waals surface area contributed by atoms with Crippen LogP contribution in [0.4, 0.5) is 8.78 Å². The van der Waals surface area contributed by atoms with Gasteiger partial charge < -0.3 is 5.11 Å². The summed E-state index contributed by atoms with van der Waals surface area (Å²) in [6.45, 7) is 0. The summed E-state index contributed by atoms with van der Waals surface area (Å²) in [5.41, 5.74) is 0.713. The molecule has 3 nitrogen and oxygen atoms in total. The van der Waals surface area contributed by atoms with Gasteiger partial charge in [0.05, 0.1) is 16.8 Å². The van der Waals surface area contributed by atoms with Crippen molar-refractivity contribution in [3.05, 3.63) is 54.1 Å². The van der Waals surface area contributed by atoms with Crippen molar-refractivity contribution in [2.75, 3.05) is 5.75 Å². The Morgan fingerprint density at radius 2 is 1.76 bits per heavy atom. The van der Waals surface area contributed by atoms with Crippen LogP contribution in [0.2, 0.25) is 0 Å². The second-order valence-corrected chi connectivity index (χ2v) is 8.65. The third-order valence-corrected chi connectivity index (χ3v) is 6.57. The fraction of sp³-hybridized carbons (Fsp3) is 0.368. The molecule has 0 radical (unpaired) electrons. The van der Waals surface area contributed by atoms with Gasteiger partial charge in [-0.15, -0.1) is 0 Å². The molecule has 0 bridgehead atoms. The molecule has 0 heterocycles. The van der Waals surface area contributed by atoms with Crippen LogP contribution in [0.1, 0.15) is 25.7 Å². The monoisotopic (exact) mass is 366 g/mol. The predicted molar refractivity (Wildman–Crippen MR) is 91.8 cm³/mol. The largest absolute Gasteiger partial charge is 0.393 e. The molecule has 2 aromatic carbocycles. The van der Waals surface area contributed by atoms with Gasteiger partial charge in [0.1, 0.15) is 11.6 Å². The first-order chi connectivity index (χ1) is 11.8. The minimum atomic E-state index is -3.46. The van der Waals surface area contributed by atoms with Crippen LogP contribution < -0.4 is 0 Å². The number of benzene rings is 2. The van der Waals surface area contributed by atoms with Gasteiger partial charge in [0.2, 0.25) is 0 Å². The third-order valence-electron chi connectivity index (χ3n) is 4.67. The summed E-state index contributed by atoms with van der Waals surface area (Å²) < 4.78 is 52.0. The van der Waals surface area contributed by atoms with Crippen molar-refractivity contribution in [2.45, 2.75) is 36.7 Å². The minimum absolute atomic E-state index is 0.00825. The molecular formula is C19H20F2O3S. The van der Waals surface area contributed by atoms with Gasteiger partial charge in [-0.1, -0.05) is 18.6 Å². The molecular weight excluding hydrogens is 346 g/mol. The fourth-order valence-electron chi connectivity index (χ4n) is 3.39. The molecule has 6 heteroatoms. The van der Waals surface area contributed by atoms with Crippen LogP contribution in [0.5, 0.6) is 0 Å². The molecule has 25 heavy (non-hydrogen) atoms. The molecule has 0 aromatic heterocycles. The Balaban J connectivity index is 1.79. The zero-order valence-corrected chi connectivity index (χ0v) is 14.5. The Morgan fingerprint density at radius 3 is 2.40 bits per heavy atom. The lowest BCUT2D eigenvalue weighted by Gasteiger charge is -2.25. The van der Waals surface area contributed by atoms with Gasteiger partial charge >= 0.3 is 0 Å². The van der Waals surface area contributed by atoms with E-state index in [0.29, 0.717) is 12.0 Å². The van der Waals surface area contributed by atoms with E-state index in [2.05, 4.69) is 0 Å². The summed E-state index contributed by atoms with van der Waals surface area (Å²) >= 11 is 0. The number of aliphatic hydroxyl groups is 1. The van der Waals surface area contributed by atoms with Crippen molar-refractivity contribution in [3.8, 4) is 11.1 Å². The summed E-state index contributed by atoms with van der Waals surface area (Å²) in [4.78, 5) is 0.179. The van der Waals surface area contributed by atoms with E-state index in [1.807, 2.05) is 0 Å². The Morgan fingerprint density at radius 1 is 1.04 bits per heavy atom. The molecule has 0 aliphatic heterocycles. The highest BCUT2D eigenvalue weighted by atomic mass is 32.2. The number of halogens is 2. The highest BCUT2D eigenvalue weighted by molar-refractivity contribution is 7.91. The first-order valence-corrected chi connectivity index (χ1v) is 9.97. The van der Waals surface area contributed by atoms with Crippen molar-refractivity contribution in [2.24, 2.45) is 5.92 Å². The van der Waals surface area contributed by atoms with E-state index in [1.54, 1.807) is 0 Å². The fourth-order valence-corrected chi connectivity index (χ4v) is 5.05. The third kappa shape index (κ3) is 4.25. The number of aliphatic hydroxyl groups excluding tert-OH is 1. The van der Waals surface area contributed by atoms with Crippen LogP contribution >= 0.6 is 0 Å². The Hall–Kier alpha value is -1.79. The summed E-state index contributed by atoms with van der Waals surface area (Å²) in [6, 6.07) is 9.25. The topological polar surface area (TPSA) is 54.4 Å². The SMILES string of the molecule is O=S(=O)(CC1CCCC(O)C1)c1ccc(-c2ccc(F)cc2F)cc1. The molecule has 2 aromatic rings. The van der Waals surface area contributed by atoms with Gasteiger partial charge in [0, 0.05) is 11.6 Å². The van der Waals surface area contributed by atoms with Crippen LogP contribution in [-0.4, -0.2) is 25.4 Å². The molecule has 0 amide bonds. The van der Waals surface area contributed by atoms with E-state index in [1.165, 1.54) is 30.3 Å². The smallest absolute Gasteiger partial charge is 0.178 e. The van der Waals surface area contributed by atoms with Gasteiger partial charge in [-0.05, 0) is 55.0 Å². The molecule has 2 atom stereocenters. The van der Waals surface area contributed by atoms with Crippen molar-refractivity contribution in [1.82, 2.24) is 0 Å². The quantitative estimate of drug-likeness (QED) is 0.891. The lowest BCUT2D eigenvalue weighted by molar-refractivity contribution is 0.107. The van der Waals surface area contributed by atoms with Gasteiger partial charge in [0.25, 0.3) is 0 Å². The zero-order chi connectivity index (χ0) is 18.0. The Labute approximate surface area is 146 Å². The lowest BCUT2D eigenvalue weighted by atomic mass is 9.89. The maximum Gasteiger partial charge on any atom is 0.178 e. The second-order valence-electron chi connectivity index (χ2n) is 6.62. The van der Waals surface area contributed by atoms with Crippen LogP contribution in [-0.2, 0) is 9.84 Å². The molecule has 1 N–H and O–H groups in total. The molecule has 0 saturated heterocycles. The number of sulfone groups is 1. The van der Waals surface area contributed by atoms with Crippen molar-refractivity contribution in [1.29, 1.82) is 0 Å². The first kappa shape index (κ1) is 18.0.